The van der Waals surface area contributed by atoms with Crippen LogP contribution in [-0.4, -0.2) is 18.2 Å². The number of ether oxygens (including phenoxy) is 1. The fourth-order valence-electron chi connectivity index (χ4n) is 1.52. The van der Waals surface area contributed by atoms with Gasteiger partial charge in [0.25, 0.3) is 0 Å². The quantitative estimate of drug-likeness (QED) is 0.918. The van der Waals surface area contributed by atoms with E-state index in [1.165, 1.54) is 11.8 Å². The predicted octanol–water partition coefficient (Wildman–Crippen LogP) is 4.20. The summed E-state index contributed by atoms with van der Waals surface area (Å²) in [7, 11) is 1.55. The van der Waals surface area contributed by atoms with Crippen molar-refractivity contribution in [1.82, 2.24) is 0 Å². The summed E-state index contributed by atoms with van der Waals surface area (Å²) in [6.45, 7) is 0. The van der Waals surface area contributed by atoms with Crippen molar-refractivity contribution in [3.63, 3.8) is 0 Å². The molecule has 5 heteroatoms. The molecule has 0 aromatic heterocycles. The second-order valence-electron chi connectivity index (χ2n) is 3.72. The molecule has 0 bridgehead atoms. The van der Waals surface area contributed by atoms with Crippen LogP contribution in [0.2, 0.25) is 5.02 Å². The van der Waals surface area contributed by atoms with E-state index in [9.17, 15) is 9.90 Å². The largest absolute Gasteiger partial charge is 0.497 e. The average Bonchev–Trinajstić information content (AvgIpc) is 2.41. The Bertz CT molecular complexity index is 596. The Morgan fingerprint density at radius 1 is 1.21 bits per heavy atom. The molecule has 0 radical (unpaired) electrons. The summed E-state index contributed by atoms with van der Waals surface area (Å²) in [4.78, 5) is 12.7. The van der Waals surface area contributed by atoms with E-state index in [0.29, 0.717) is 15.7 Å². The Morgan fingerprint density at radius 3 is 2.47 bits per heavy atom. The first-order valence-electron chi connectivity index (χ1n) is 5.45. The van der Waals surface area contributed by atoms with E-state index in [2.05, 4.69) is 0 Å². The Balaban J connectivity index is 2.36. The minimum absolute atomic E-state index is 0.251. The molecule has 0 heterocycles. The van der Waals surface area contributed by atoms with E-state index in [-0.39, 0.29) is 5.56 Å². The Labute approximate surface area is 120 Å². The SMILES string of the molecule is COc1ccc(C(=O)O)c(Sc2ccc(Cl)cc2)c1. The molecule has 19 heavy (non-hydrogen) atoms. The maximum Gasteiger partial charge on any atom is 0.336 e. The first-order chi connectivity index (χ1) is 9.10. The van der Waals surface area contributed by atoms with E-state index in [4.69, 9.17) is 16.3 Å². The summed E-state index contributed by atoms with van der Waals surface area (Å²) in [6, 6.07) is 12.1. The van der Waals surface area contributed by atoms with Gasteiger partial charge in [-0.05, 0) is 42.5 Å². The van der Waals surface area contributed by atoms with Crippen molar-refractivity contribution in [2.24, 2.45) is 0 Å². The van der Waals surface area contributed by atoms with Crippen LogP contribution in [0.1, 0.15) is 10.4 Å². The van der Waals surface area contributed by atoms with Crippen molar-refractivity contribution < 1.29 is 14.6 Å². The molecule has 0 aliphatic heterocycles. The number of methoxy groups -OCH3 is 1. The third-order valence-corrected chi connectivity index (χ3v) is 3.78. The standard InChI is InChI=1S/C14H11ClO3S/c1-18-10-4-7-12(14(16)17)13(8-10)19-11-5-2-9(15)3-6-11/h2-8H,1H3,(H,16,17). The lowest BCUT2D eigenvalue weighted by Gasteiger charge is -2.08. The average molecular weight is 295 g/mol. The van der Waals surface area contributed by atoms with Crippen LogP contribution in [-0.2, 0) is 0 Å². The van der Waals surface area contributed by atoms with E-state index >= 15 is 0 Å². The molecular formula is C14H11ClO3S. The number of carboxylic acid groups (broad SMARTS) is 1. The van der Waals surface area contributed by atoms with Crippen LogP contribution < -0.4 is 4.74 Å². The zero-order chi connectivity index (χ0) is 13.8. The summed E-state index contributed by atoms with van der Waals surface area (Å²) in [6.07, 6.45) is 0. The number of hydrogen-bond donors (Lipinski definition) is 1. The van der Waals surface area contributed by atoms with Gasteiger partial charge in [0.2, 0.25) is 0 Å². The fraction of sp³-hybridized carbons (Fsp3) is 0.0714. The van der Waals surface area contributed by atoms with Crippen molar-refractivity contribution in [2.45, 2.75) is 9.79 Å². The highest BCUT2D eigenvalue weighted by Gasteiger charge is 2.12. The van der Waals surface area contributed by atoms with Crippen LogP contribution in [0.4, 0.5) is 0 Å². The highest BCUT2D eigenvalue weighted by atomic mass is 35.5. The van der Waals surface area contributed by atoms with Gasteiger partial charge in [-0.15, -0.1) is 0 Å². The first kappa shape index (κ1) is 13.8. The van der Waals surface area contributed by atoms with Crippen LogP contribution in [0.15, 0.2) is 52.3 Å². The number of carboxylic acids is 1. The van der Waals surface area contributed by atoms with E-state index < -0.39 is 5.97 Å². The summed E-state index contributed by atoms with van der Waals surface area (Å²) in [5.74, 6) is -0.333. The summed E-state index contributed by atoms with van der Waals surface area (Å²) in [5, 5.41) is 9.82. The second kappa shape index (κ2) is 5.99. The zero-order valence-corrected chi connectivity index (χ0v) is 11.7. The Kier molecular flexibility index (Phi) is 4.35. The lowest BCUT2D eigenvalue weighted by atomic mass is 10.2. The number of halogens is 1. The van der Waals surface area contributed by atoms with Gasteiger partial charge in [-0.1, -0.05) is 23.4 Å². The van der Waals surface area contributed by atoms with Gasteiger partial charge in [-0.3, -0.25) is 0 Å². The van der Waals surface area contributed by atoms with Gasteiger partial charge >= 0.3 is 5.97 Å². The topological polar surface area (TPSA) is 46.5 Å². The molecule has 1 N–H and O–H groups in total. The van der Waals surface area contributed by atoms with Crippen LogP contribution in [0.3, 0.4) is 0 Å². The minimum atomic E-state index is -0.959. The highest BCUT2D eigenvalue weighted by molar-refractivity contribution is 7.99. The van der Waals surface area contributed by atoms with Crippen molar-refractivity contribution >= 4 is 29.3 Å². The molecule has 2 rings (SSSR count). The normalized spacial score (nSPS) is 10.2. The van der Waals surface area contributed by atoms with Gasteiger partial charge in [0.1, 0.15) is 5.75 Å². The molecule has 2 aromatic rings. The summed E-state index contributed by atoms with van der Waals surface area (Å²) >= 11 is 7.18. The van der Waals surface area contributed by atoms with Crippen LogP contribution in [0.25, 0.3) is 0 Å². The van der Waals surface area contributed by atoms with E-state index in [1.54, 1.807) is 37.4 Å². The molecular weight excluding hydrogens is 284 g/mol. The van der Waals surface area contributed by atoms with Gasteiger partial charge in [0.05, 0.1) is 12.7 Å². The molecule has 98 valence electrons. The van der Waals surface area contributed by atoms with E-state index in [0.717, 1.165) is 4.90 Å². The molecule has 0 aliphatic rings. The molecule has 0 spiro atoms. The molecule has 3 nitrogen and oxygen atoms in total. The van der Waals surface area contributed by atoms with Gasteiger partial charge in [-0.2, -0.15) is 0 Å². The van der Waals surface area contributed by atoms with Crippen molar-refractivity contribution in [3.05, 3.63) is 53.1 Å². The van der Waals surface area contributed by atoms with Crippen molar-refractivity contribution in [2.75, 3.05) is 7.11 Å². The third-order valence-electron chi connectivity index (χ3n) is 2.46. The van der Waals surface area contributed by atoms with Gasteiger partial charge in [0.15, 0.2) is 0 Å². The van der Waals surface area contributed by atoms with Gasteiger partial charge in [-0.25, -0.2) is 4.79 Å². The number of carbonyl (C=O) groups is 1. The van der Waals surface area contributed by atoms with E-state index in [1.807, 2.05) is 12.1 Å². The van der Waals surface area contributed by atoms with Crippen molar-refractivity contribution in [3.8, 4) is 5.75 Å². The van der Waals surface area contributed by atoms with Gasteiger partial charge < -0.3 is 9.84 Å². The maximum absolute atomic E-state index is 11.2. The predicted molar refractivity (Wildman–Crippen MR) is 75.5 cm³/mol. The summed E-state index contributed by atoms with van der Waals surface area (Å²) in [5.41, 5.74) is 0.251. The summed E-state index contributed by atoms with van der Waals surface area (Å²) < 4.78 is 5.12. The lowest BCUT2D eigenvalue weighted by molar-refractivity contribution is 0.0693. The molecule has 0 atom stereocenters. The molecule has 0 fully saturated rings. The minimum Gasteiger partial charge on any atom is -0.497 e. The number of rotatable bonds is 4. The number of hydrogen-bond acceptors (Lipinski definition) is 3. The molecule has 0 unspecified atom stereocenters. The Hall–Kier alpha value is -1.65. The first-order valence-corrected chi connectivity index (χ1v) is 6.64. The third kappa shape index (κ3) is 3.43. The van der Waals surface area contributed by atoms with Crippen molar-refractivity contribution in [1.29, 1.82) is 0 Å². The second-order valence-corrected chi connectivity index (χ2v) is 5.28. The molecule has 2 aromatic carbocycles. The van der Waals surface area contributed by atoms with Crippen LogP contribution in [0, 0.1) is 0 Å². The molecule has 0 saturated carbocycles. The Morgan fingerprint density at radius 2 is 1.89 bits per heavy atom. The van der Waals surface area contributed by atoms with Crippen LogP contribution >= 0.6 is 23.4 Å². The lowest BCUT2D eigenvalue weighted by Crippen LogP contribution is -1.99. The fourth-order valence-corrected chi connectivity index (χ4v) is 2.61. The maximum atomic E-state index is 11.2. The monoisotopic (exact) mass is 294 g/mol. The number of aromatic carboxylic acids is 1. The zero-order valence-electron chi connectivity index (χ0n) is 10.1. The van der Waals surface area contributed by atoms with Crippen LogP contribution in [0.5, 0.6) is 5.75 Å². The molecule has 0 aliphatic carbocycles. The van der Waals surface area contributed by atoms with Gasteiger partial charge in [0, 0.05) is 14.8 Å². The smallest absolute Gasteiger partial charge is 0.336 e. The molecule has 0 amide bonds. The number of benzene rings is 2. The molecule has 0 saturated heterocycles. The highest BCUT2D eigenvalue weighted by Crippen LogP contribution is 2.33.